The highest BCUT2D eigenvalue weighted by molar-refractivity contribution is 6.30. The van der Waals surface area contributed by atoms with Crippen LogP contribution in [0.25, 0.3) is 0 Å². The van der Waals surface area contributed by atoms with Crippen molar-refractivity contribution < 1.29 is 9.90 Å². The minimum absolute atomic E-state index is 0.143. The summed E-state index contributed by atoms with van der Waals surface area (Å²) in [5.74, 6) is -0.0177. The predicted octanol–water partition coefficient (Wildman–Crippen LogP) is 3.16. The van der Waals surface area contributed by atoms with Crippen LogP contribution >= 0.6 is 11.6 Å². The number of hydrogen-bond donors (Lipinski definition) is 2. The minimum atomic E-state index is -0.161. The Hall–Kier alpha value is -2.61. The van der Waals surface area contributed by atoms with Gasteiger partial charge in [-0.15, -0.1) is 0 Å². The molecule has 8 heteroatoms. The predicted molar refractivity (Wildman–Crippen MR) is 131 cm³/mol. The molecule has 172 valence electrons. The van der Waals surface area contributed by atoms with Crippen molar-refractivity contribution in [2.45, 2.75) is 20.4 Å². The van der Waals surface area contributed by atoms with E-state index in [0.29, 0.717) is 12.1 Å². The van der Waals surface area contributed by atoms with E-state index >= 15 is 0 Å². The molecule has 0 radical (unpaired) electrons. The molecule has 0 aliphatic carbocycles. The van der Waals surface area contributed by atoms with Crippen LogP contribution in [0.1, 0.15) is 25.0 Å². The monoisotopic (exact) mass is 457 g/mol. The number of amides is 1. The number of phenolic OH excluding ortho intramolecular Hbond substituents is 1. The Balaban J connectivity index is 1.41. The number of nitrogens with one attached hydrogen (secondary N) is 1. The third kappa shape index (κ3) is 6.95. The summed E-state index contributed by atoms with van der Waals surface area (Å²) in [5, 5.41) is 15.0. The fourth-order valence-electron chi connectivity index (χ4n) is 3.79. The summed E-state index contributed by atoms with van der Waals surface area (Å²) in [6.07, 6.45) is 1.48. The van der Waals surface area contributed by atoms with E-state index in [1.807, 2.05) is 18.2 Å². The second kappa shape index (κ2) is 11.9. The number of aromatic hydroxyl groups is 1. The summed E-state index contributed by atoms with van der Waals surface area (Å²) in [6, 6.07) is 13.4. The molecule has 0 spiro atoms. The maximum Gasteiger partial charge on any atom is 0.254 e. The van der Waals surface area contributed by atoms with E-state index in [-0.39, 0.29) is 11.7 Å². The molecule has 0 atom stereocenters. The molecule has 3 rings (SSSR count). The molecule has 2 N–H and O–H groups in total. The van der Waals surface area contributed by atoms with E-state index in [2.05, 4.69) is 51.2 Å². The third-order valence-corrected chi connectivity index (χ3v) is 5.94. The first-order chi connectivity index (χ1) is 15.5. The molecular formula is C24H32ClN5O2. The van der Waals surface area contributed by atoms with Crippen LogP contribution in [0.4, 0.5) is 5.69 Å². The van der Waals surface area contributed by atoms with Crippen LogP contribution in [-0.2, 0) is 11.3 Å². The Morgan fingerprint density at radius 2 is 1.75 bits per heavy atom. The zero-order valence-corrected chi connectivity index (χ0v) is 19.6. The highest BCUT2D eigenvalue weighted by atomic mass is 35.5. The number of benzene rings is 2. The second-order valence-electron chi connectivity index (χ2n) is 7.89. The highest BCUT2D eigenvalue weighted by Gasteiger charge is 2.19. The normalized spacial score (nSPS) is 15.2. The summed E-state index contributed by atoms with van der Waals surface area (Å²) in [6.45, 7) is 10.6. The number of piperazine rings is 1. The Morgan fingerprint density at radius 3 is 2.38 bits per heavy atom. The average molecular weight is 458 g/mol. The molecule has 7 nitrogen and oxygen atoms in total. The lowest BCUT2D eigenvalue weighted by molar-refractivity contribution is -0.122. The molecule has 0 unspecified atom stereocenters. The number of carbonyl (C=O) groups is 1. The van der Waals surface area contributed by atoms with Crippen LogP contribution < -0.4 is 10.3 Å². The van der Waals surface area contributed by atoms with E-state index in [1.54, 1.807) is 12.1 Å². The number of carbonyl (C=O) groups excluding carboxylic acids is 1. The van der Waals surface area contributed by atoms with Crippen LogP contribution in [0.2, 0.25) is 5.02 Å². The lowest BCUT2D eigenvalue weighted by Gasteiger charge is -2.34. The van der Waals surface area contributed by atoms with Gasteiger partial charge in [0.1, 0.15) is 5.75 Å². The SMILES string of the molecule is CCN(CC)c1ccc(/C=N/NC(=O)CN2CCN(Cc3ccc(Cl)cc3)CC2)c(O)c1. The largest absolute Gasteiger partial charge is 0.507 e. The number of hydrogen-bond acceptors (Lipinski definition) is 6. The zero-order valence-electron chi connectivity index (χ0n) is 18.8. The van der Waals surface area contributed by atoms with E-state index in [4.69, 9.17) is 11.6 Å². The smallest absolute Gasteiger partial charge is 0.254 e. The summed E-state index contributed by atoms with van der Waals surface area (Å²) in [7, 11) is 0. The zero-order chi connectivity index (χ0) is 22.9. The summed E-state index contributed by atoms with van der Waals surface area (Å²) < 4.78 is 0. The van der Waals surface area contributed by atoms with Gasteiger partial charge < -0.3 is 10.0 Å². The Kier molecular flexibility index (Phi) is 8.90. The molecule has 32 heavy (non-hydrogen) atoms. The van der Waals surface area contributed by atoms with E-state index in [9.17, 15) is 9.90 Å². The minimum Gasteiger partial charge on any atom is -0.507 e. The van der Waals surface area contributed by atoms with E-state index < -0.39 is 0 Å². The van der Waals surface area contributed by atoms with Gasteiger partial charge >= 0.3 is 0 Å². The first-order valence-electron chi connectivity index (χ1n) is 11.1. The van der Waals surface area contributed by atoms with Gasteiger partial charge in [-0.05, 0) is 43.7 Å². The standard InChI is InChI=1S/C24H32ClN5O2/c1-3-30(4-2)22-10-7-20(23(31)15-22)16-26-27-24(32)18-29-13-11-28(12-14-29)17-19-5-8-21(25)9-6-19/h5-10,15-16,31H,3-4,11-14,17-18H2,1-2H3,(H,27,32)/b26-16+. The molecule has 1 saturated heterocycles. The summed E-state index contributed by atoms with van der Waals surface area (Å²) in [5.41, 5.74) is 5.33. The Labute approximate surface area is 195 Å². The fraction of sp³-hybridized carbons (Fsp3) is 0.417. The fourth-order valence-corrected chi connectivity index (χ4v) is 3.92. The number of halogens is 1. The molecule has 1 aliphatic rings. The van der Waals surface area contributed by atoms with Gasteiger partial charge in [-0.3, -0.25) is 14.6 Å². The number of nitrogens with zero attached hydrogens (tertiary/aromatic N) is 4. The first kappa shape index (κ1) is 24.0. The van der Waals surface area contributed by atoms with Gasteiger partial charge in [-0.25, -0.2) is 5.43 Å². The lowest BCUT2D eigenvalue weighted by atomic mass is 10.2. The summed E-state index contributed by atoms with van der Waals surface area (Å²) in [4.78, 5) is 18.9. The van der Waals surface area contributed by atoms with Crippen LogP contribution in [0, 0.1) is 0 Å². The van der Waals surface area contributed by atoms with Crippen molar-refractivity contribution in [3.05, 3.63) is 58.6 Å². The number of phenols is 1. The van der Waals surface area contributed by atoms with E-state index in [0.717, 1.165) is 56.5 Å². The second-order valence-corrected chi connectivity index (χ2v) is 8.32. The number of hydrazone groups is 1. The van der Waals surface area contributed by atoms with Gasteiger partial charge in [0.25, 0.3) is 5.91 Å². The Bertz CT molecular complexity index is 907. The molecule has 0 saturated carbocycles. The van der Waals surface area contributed by atoms with Crippen molar-refractivity contribution in [1.82, 2.24) is 15.2 Å². The molecule has 1 fully saturated rings. The average Bonchev–Trinajstić information content (AvgIpc) is 2.79. The van der Waals surface area contributed by atoms with Crippen LogP contribution in [0.3, 0.4) is 0 Å². The molecule has 1 amide bonds. The molecule has 1 aliphatic heterocycles. The van der Waals surface area contributed by atoms with Crippen molar-refractivity contribution in [3.8, 4) is 5.75 Å². The van der Waals surface area contributed by atoms with Crippen LogP contribution in [-0.4, -0.2) is 72.8 Å². The number of rotatable bonds is 9. The van der Waals surface area contributed by atoms with Gasteiger partial charge in [-0.1, -0.05) is 23.7 Å². The molecule has 2 aromatic rings. The van der Waals surface area contributed by atoms with Gasteiger partial charge in [-0.2, -0.15) is 5.10 Å². The highest BCUT2D eigenvalue weighted by Crippen LogP contribution is 2.23. The first-order valence-corrected chi connectivity index (χ1v) is 11.4. The molecule has 0 aromatic heterocycles. The van der Waals surface area contributed by atoms with Crippen LogP contribution in [0.15, 0.2) is 47.6 Å². The van der Waals surface area contributed by atoms with Gasteiger partial charge in [0.2, 0.25) is 0 Å². The molecular weight excluding hydrogens is 426 g/mol. The van der Waals surface area contributed by atoms with Gasteiger partial charge in [0.15, 0.2) is 0 Å². The molecule has 0 bridgehead atoms. The number of anilines is 1. The van der Waals surface area contributed by atoms with Crippen molar-refractivity contribution in [3.63, 3.8) is 0 Å². The van der Waals surface area contributed by atoms with Gasteiger partial charge in [0.05, 0.1) is 12.8 Å². The van der Waals surface area contributed by atoms with Gasteiger partial charge in [0, 0.05) is 68.2 Å². The topological polar surface area (TPSA) is 71.4 Å². The molecule has 2 aromatic carbocycles. The maximum atomic E-state index is 12.3. The summed E-state index contributed by atoms with van der Waals surface area (Å²) >= 11 is 5.95. The lowest BCUT2D eigenvalue weighted by Crippen LogP contribution is -2.48. The Morgan fingerprint density at radius 1 is 1.09 bits per heavy atom. The van der Waals surface area contributed by atoms with Crippen LogP contribution in [0.5, 0.6) is 5.75 Å². The molecule has 1 heterocycles. The third-order valence-electron chi connectivity index (χ3n) is 5.69. The van der Waals surface area contributed by atoms with Crippen molar-refractivity contribution >= 4 is 29.4 Å². The van der Waals surface area contributed by atoms with E-state index in [1.165, 1.54) is 11.8 Å². The van der Waals surface area contributed by atoms with Crippen molar-refractivity contribution in [2.24, 2.45) is 5.10 Å². The quantitative estimate of drug-likeness (QED) is 0.447. The maximum absolute atomic E-state index is 12.3. The van der Waals surface area contributed by atoms with Crippen molar-refractivity contribution in [2.75, 3.05) is 50.7 Å². The van der Waals surface area contributed by atoms with Crippen molar-refractivity contribution in [1.29, 1.82) is 0 Å².